The first-order chi connectivity index (χ1) is 8.10. The molecule has 104 valence electrons. The summed E-state index contributed by atoms with van der Waals surface area (Å²) in [6.45, 7) is 14.3. The minimum absolute atomic E-state index is 0.0553. The molecule has 1 aliphatic carbocycles. The van der Waals surface area contributed by atoms with Gasteiger partial charge in [-0.2, -0.15) is 0 Å². The summed E-state index contributed by atoms with van der Waals surface area (Å²) < 4.78 is 10.5. The minimum Gasteiger partial charge on any atom is -0.434 e. The van der Waals surface area contributed by atoms with Gasteiger partial charge in [-0.3, -0.25) is 0 Å². The SMILES string of the molecule is CC(C)(C)C1CC2OC(=O)OCC2C1C(C)(C)C. The van der Waals surface area contributed by atoms with Crippen LogP contribution >= 0.6 is 0 Å². The lowest BCUT2D eigenvalue weighted by atomic mass is 9.64. The molecule has 3 heteroatoms. The van der Waals surface area contributed by atoms with Crippen LogP contribution in [0.5, 0.6) is 0 Å². The Morgan fingerprint density at radius 1 is 1.06 bits per heavy atom. The Morgan fingerprint density at radius 3 is 2.17 bits per heavy atom. The average Bonchev–Trinajstić information content (AvgIpc) is 2.54. The summed E-state index contributed by atoms with van der Waals surface area (Å²) >= 11 is 0. The van der Waals surface area contributed by atoms with Crippen LogP contribution in [-0.2, 0) is 9.47 Å². The molecule has 0 aromatic carbocycles. The van der Waals surface area contributed by atoms with Crippen molar-refractivity contribution in [2.24, 2.45) is 28.6 Å². The van der Waals surface area contributed by atoms with Crippen LogP contribution in [0.25, 0.3) is 0 Å². The van der Waals surface area contributed by atoms with Gasteiger partial charge in [0.2, 0.25) is 0 Å². The van der Waals surface area contributed by atoms with Crippen LogP contribution in [0.1, 0.15) is 48.0 Å². The molecule has 1 saturated carbocycles. The Morgan fingerprint density at radius 2 is 1.67 bits per heavy atom. The van der Waals surface area contributed by atoms with Gasteiger partial charge in [0.05, 0.1) is 0 Å². The van der Waals surface area contributed by atoms with E-state index in [1.54, 1.807) is 0 Å². The van der Waals surface area contributed by atoms with Gasteiger partial charge in [0.1, 0.15) is 12.7 Å². The number of ether oxygens (including phenoxy) is 2. The fourth-order valence-electron chi connectivity index (χ4n) is 3.91. The van der Waals surface area contributed by atoms with Crippen molar-refractivity contribution in [3.8, 4) is 0 Å². The van der Waals surface area contributed by atoms with E-state index in [1.807, 2.05) is 0 Å². The predicted octanol–water partition coefficient (Wildman–Crippen LogP) is 3.87. The standard InChI is InChI=1S/C15H26O3/c1-14(2,3)10-7-11-9(8-17-13(16)18-11)12(10)15(4,5)6/h9-12H,7-8H2,1-6H3. The number of cyclic esters (lactones) is 1. The first kappa shape index (κ1) is 13.7. The summed E-state index contributed by atoms with van der Waals surface area (Å²) in [5.41, 5.74) is 0.451. The normalized spacial score (nSPS) is 36.9. The predicted molar refractivity (Wildman–Crippen MR) is 70.2 cm³/mol. The van der Waals surface area contributed by atoms with Gasteiger partial charge in [0, 0.05) is 5.92 Å². The zero-order chi connectivity index (χ0) is 13.7. The lowest BCUT2D eigenvalue weighted by Gasteiger charge is -2.42. The maximum absolute atomic E-state index is 11.3. The number of hydrogen-bond acceptors (Lipinski definition) is 3. The van der Waals surface area contributed by atoms with Crippen molar-refractivity contribution in [2.75, 3.05) is 6.61 Å². The van der Waals surface area contributed by atoms with Crippen molar-refractivity contribution in [2.45, 2.75) is 54.1 Å². The van der Waals surface area contributed by atoms with Crippen LogP contribution in [0, 0.1) is 28.6 Å². The molecule has 0 aromatic rings. The monoisotopic (exact) mass is 254 g/mol. The fourth-order valence-corrected chi connectivity index (χ4v) is 3.91. The Labute approximate surface area is 110 Å². The minimum atomic E-state index is -0.488. The molecule has 0 aromatic heterocycles. The third-order valence-electron chi connectivity index (χ3n) is 4.61. The van der Waals surface area contributed by atoms with Gasteiger partial charge < -0.3 is 9.47 Å². The number of carbonyl (C=O) groups excluding carboxylic acids is 1. The average molecular weight is 254 g/mol. The lowest BCUT2D eigenvalue weighted by molar-refractivity contribution is -0.0672. The van der Waals surface area contributed by atoms with Crippen molar-refractivity contribution >= 4 is 6.16 Å². The molecule has 0 bridgehead atoms. The van der Waals surface area contributed by atoms with E-state index in [0.29, 0.717) is 24.4 Å². The van der Waals surface area contributed by atoms with E-state index in [9.17, 15) is 4.79 Å². The molecule has 1 heterocycles. The zero-order valence-corrected chi connectivity index (χ0v) is 12.4. The maximum Gasteiger partial charge on any atom is 0.508 e. The number of hydrogen-bond donors (Lipinski definition) is 0. The summed E-state index contributed by atoms with van der Waals surface area (Å²) in [6, 6.07) is 0. The zero-order valence-electron chi connectivity index (χ0n) is 12.4. The van der Waals surface area contributed by atoms with Crippen LogP contribution < -0.4 is 0 Å². The summed E-state index contributed by atoms with van der Waals surface area (Å²) in [6.07, 6.45) is 0.545. The molecule has 0 N–H and O–H groups in total. The van der Waals surface area contributed by atoms with Crippen LogP contribution in [0.15, 0.2) is 0 Å². The second kappa shape index (κ2) is 4.14. The molecule has 0 amide bonds. The highest BCUT2D eigenvalue weighted by molar-refractivity contribution is 5.61. The molecule has 0 spiro atoms. The van der Waals surface area contributed by atoms with Crippen LogP contribution in [0.3, 0.4) is 0 Å². The molecule has 4 unspecified atom stereocenters. The molecule has 18 heavy (non-hydrogen) atoms. The number of rotatable bonds is 0. The third kappa shape index (κ3) is 2.36. The first-order valence-corrected chi connectivity index (χ1v) is 6.94. The molecule has 2 fully saturated rings. The Kier molecular flexibility index (Phi) is 3.15. The van der Waals surface area contributed by atoms with E-state index in [1.165, 1.54) is 0 Å². The van der Waals surface area contributed by atoms with E-state index >= 15 is 0 Å². The van der Waals surface area contributed by atoms with Gasteiger partial charge >= 0.3 is 6.16 Å². The first-order valence-electron chi connectivity index (χ1n) is 6.94. The van der Waals surface area contributed by atoms with Crippen molar-refractivity contribution in [1.29, 1.82) is 0 Å². The van der Waals surface area contributed by atoms with Gasteiger partial charge in [-0.1, -0.05) is 41.5 Å². The quantitative estimate of drug-likeness (QED) is 0.616. The summed E-state index contributed by atoms with van der Waals surface area (Å²) in [5, 5.41) is 0. The molecule has 1 aliphatic heterocycles. The molecular formula is C15H26O3. The maximum atomic E-state index is 11.3. The highest BCUT2D eigenvalue weighted by Crippen LogP contribution is 2.55. The van der Waals surface area contributed by atoms with Gasteiger partial charge in [-0.15, -0.1) is 0 Å². The second-order valence-electron chi connectivity index (χ2n) is 7.98. The van der Waals surface area contributed by atoms with Gasteiger partial charge in [0.25, 0.3) is 0 Å². The topological polar surface area (TPSA) is 35.5 Å². The molecule has 2 aliphatic rings. The van der Waals surface area contributed by atoms with E-state index in [2.05, 4.69) is 41.5 Å². The van der Waals surface area contributed by atoms with E-state index in [-0.39, 0.29) is 16.9 Å². The largest absolute Gasteiger partial charge is 0.508 e. The number of fused-ring (bicyclic) bond motifs is 1. The highest BCUT2D eigenvalue weighted by Gasteiger charge is 2.55. The van der Waals surface area contributed by atoms with Gasteiger partial charge in [-0.25, -0.2) is 4.79 Å². The van der Waals surface area contributed by atoms with Crippen molar-refractivity contribution in [3.05, 3.63) is 0 Å². The molecule has 1 saturated heterocycles. The number of carbonyl (C=O) groups is 1. The smallest absolute Gasteiger partial charge is 0.434 e. The van der Waals surface area contributed by atoms with E-state index in [4.69, 9.17) is 9.47 Å². The Hall–Kier alpha value is -0.730. The van der Waals surface area contributed by atoms with Crippen LogP contribution in [-0.4, -0.2) is 18.9 Å². The van der Waals surface area contributed by atoms with E-state index in [0.717, 1.165) is 6.42 Å². The summed E-state index contributed by atoms with van der Waals surface area (Å²) in [5.74, 6) is 1.46. The fraction of sp³-hybridized carbons (Fsp3) is 0.933. The highest BCUT2D eigenvalue weighted by atomic mass is 16.7. The van der Waals surface area contributed by atoms with Crippen molar-refractivity contribution in [3.63, 3.8) is 0 Å². The molecular weight excluding hydrogens is 228 g/mol. The summed E-state index contributed by atoms with van der Waals surface area (Å²) in [7, 11) is 0. The molecule has 3 nitrogen and oxygen atoms in total. The molecule has 0 radical (unpaired) electrons. The van der Waals surface area contributed by atoms with Gasteiger partial charge in [0.15, 0.2) is 0 Å². The Balaban J connectivity index is 2.29. The van der Waals surface area contributed by atoms with Crippen molar-refractivity contribution < 1.29 is 14.3 Å². The van der Waals surface area contributed by atoms with Crippen LogP contribution in [0.2, 0.25) is 0 Å². The lowest BCUT2D eigenvalue weighted by Crippen LogP contribution is -2.41. The summed E-state index contributed by atoms with van der Waals surface area (Å²) in [4.78, 5) is 11.3. The van der Waals surface area contributed by atoms with Crippen LogP contribution in [0.4, 0.5) is 4.79 Å². The van der Waals surface area contributed by atoms with E-state index < -0.39 is 6.16 Å². The van der Waals surface area contributed by atoms with Gasteiger partial charge in [-0.05, 0) is 29.1 Å². The third-order valence-corrected chi connectivity index (χ3v) is 4.61. The second-order valence-corrected chi connectivity index (χ2v) is 7.98. The molecule has 4 atom stereocenters. The molecule has 2 rings (SSSR count). The Bertz CT molecular complexity index is 335. The van der Waals surface area contributed by atoms with Crippen molar-refractivity contribution in [1.82, 2.24) is 0 Å².